The first-order valence-electron chi connectivity index (χ1n) is 9.07. The zero-order valence-electron chi connectivity index (χ0n) is 17.6. The van der Waals surface area contributed by atoms with Crippen molar-refractivity contribution in [1.82, 2.24) is 5.43 Å². The molecule has 2 aromatic carbocycles. The summed E-state index contributed by atoms with van der Waals surface area (Å²) in [6, 6.07) is 10.9. The van der Waals surface area contributed by atoms with Crippen LogP contribution >= 0.6 is 11.6 Å². The molecule has 0 bridgehead atoms. The fourth-order valence-corrected chi connectivity index (χ4v) is 3.51. The van der Waals surface area contributed by atoms with Gasteiger partial charge in [-0.25, -0.2) is 18.6 Å². The molecule has 0 aliphatic heterocycles. The summed E-state index contributed by atoms with van der Waals surface area (Å²) in [5.74, 6) is -0.326. The maximum atomic E-state index is 12.3. The van der Waals surface area contributed by atoms with Crippen LogP contribution in [0.4, 0.5) is 5.69 Å². The van der Waals surface area contributed by atoms with Gasteiger partial charge in [-0.2, -0.15) is 5.10 Å². The van der Waals surface area contributed by atoms with Crippen molar-refractivity contribution < 1.29 is 32.2 Å². The van der Waals surface area contributed by atoms with Crippen molar-refractivity contribution in [3.8, 4) is 11.5 Å². The van der Waals surface area contributed by atoms with E-state index in [1.807, 2.05) is 0 Å². The van der Waals surface area contributed by atoms with Gasteiger partial charge in [0.25, 0.3) is 5.91 Å². The Morgan fingerprint density at radius 2 is 1.84 bits per heavy atom. The highest BCUT2D eigenvalue weighted by Gasteiger charge is 2.21. The van der Waals surface area contributed by atoms with E-state index >= 15 is 0 Å². The first-order chi connectivity index (χ1) is 15.1. The van der Waals surface area contributed by atoms with Gasteiger partial charge in [0.2, 0.25) is 10.0 Å². The van der Waals surface area contributed by atoms with Gasteiger partial charge < -0.3 is 14.2 Å². The number of hydrazone groups is 1. The molecule has 0 unspecified atom stereocenters. The highest BCUT2D eigenvalue weighted by molar-refractivity contribution is 7.92. The number of sulfonamides is 1. The van der Waals surface area contributed by atoms with Crippen LogP contribution < -0.4 is 19.2 Å². The molecule has 0 saturated carbocycles. The summed E-state index contributed by atoms with van der Waals surface area (Å²) in [7, 11) is -1.07. The minimum Gasteiger partial charge on any atom is -0.495 e. The molecule has 0 spiro atoms. The van der Waals surface area contributed by atoms with Crippen molar-refractivity contribution in [2.45, 2.75) is 0 Å². The van der Waals surface area contributed by atoms with Crippen LogP contribution in [-0.4, -0.2) is 60.1 Å². The minimum absolute atomic E-state index is 0.205. The van der Waals surface area contributed by atoms with E-state index in [-0.39, 0.29) is 17.3 Å². The zero-order chi connectivity index (χ0) is 23.7. The lowest BCUT2D eigenvalue weighted by atomic mass is 10.2. The second kappa shape index (κ2) is 11.3. The van der Waals surface area contributed by atoms with E-state index in [2.05, 4.69) is 15.3 Å². The van der Waals surface area contributed by atoms with E-state index in [0.29, 0.717) is 17.1 Å². The molecular weight excluding hydrogens is 462 g/mol. The summed E-state index contributed by atoms with van der Waals surface area (Å²) in [6.07, 6.45) is 2.35. The Morgan fingerprint density at radius 1 is 1.16 bits per heavy atom. The Balaban J connectivity index is 1.99. The number of carbonyl (C=O) groups excluding carboxylic acids is 2. The highest BCUT2D eigenvalue weighted by atomic mass is 35.5. The molecule has 0 aliphatic rings. The van der Waals surface area contributed by atoms with Gasteiger partial charge in [-0.1, -0.05) is 11.6 Å². The molecule has 0 aliphatic carbocycles. The van der Waals surface area contributed by atoms with Crippen LogP contribution in [0.5, 0.6) is 11.5 Å². The van der Waals surface area contributed by atoms with Crippen molar-refractivity contribution in [3.63, 3.8) is 0 Å². The number of nitrogens with zero attached hydrogens (tertiary/aromatic N) is 2. The van der Waals surface area contributed by atoms with E-state index in [1.54, 1.807) is 24.3 Å². The van der Waals surface area contributed by atoms with Crippen LogP contribution in [0, 0.1) is 0 Å². The van der Waals surface area contributed by atoms with Crippen molar-refractivity contribution in [3.05, 3.63) is 53.1 Å². The first-order valence-corrected chi connectivity index (χ1v) is 11.3. The normalized spacial score (nSPS) is 11.1. The number of hydrogen-bond acceptors (Lipinski definition) is 8. The standard InChI is InChI=1S/C20H22ClN3O7S/c1-29-18-9-6-15(10-17(18)21)24(32(3,27)28)12-19(25)23-22-11-14-4-7-16(8-5-14)31-13-20(26)30-2/h4-11H,12-13H2,1-3H3,(H,23,25)/b22-11-. The number of esters is 1. The van der Waals surface area contributed by atoms with Crippen molar-refractivity contribution in [1.29, 1.82) is 0 Å². The lowest BCUT2D eigenvalue weighted by Crippen LogP contribution is -2.39. The number of ether oxygens (including phenoxy) is 3. The SMILES string of the molecule is COC(=O)COc1ccc(/C=N\NC(=O)CN(c2ccc(OC)c(Cl)c2)S(C)(=O)=O)cc1. The van der Waals surface area contributed by atoms with Gasteiger partial charge >= 0.3 is 5.97 Å². The van der Waals surface area contributed by atoms with Crippen molar-refractivity contribution in [2.24, 2.45) is 5.10 Å². The third kappa shape index (κ3) is 7.43. The van der Waals surface area contributed by atoms with Crippen LogP contribution in [-0.2, 0) is 24.3 Å². The number of nitrogens with one attached hydrogen (secondary N) is 1. The number of amides is 1. The van der Waals surface area contributed by atoms with Gasteiger partial charge in [0.05, 0.1) is 37.4 Å². The summed E-state index contributed by atoms with van der Waals surface area (Å²) >= 11 is 6.06. The Bertz CT molecular complexity index is 1090. The molecule has 32 heavy (non-hydrogen) atoms. The maximum absolute atomic E-state index is 12.3. The highest BCUT2D eigenvalue weighted by Crippen LogP contribution is 2.30. The minimum atomic E-state index is -3.77. The second-order valence-electron chi connectivity index (χ2n) is 6.32. The van der Waals surface area contributed by atoms with Gasteiger partial charge in [-0.3, -0.25) is 9.10 Å². The summed E-state index contributed by atoms with van der Waals surface area (Å²) in [5.41, 5.74) is 3.12. The lowest BCUT2D eigenvalue weighted by Gasteiger charge is -2.21. The second-order valence-corrected chi connectivity index (χ2v) is 8.63. The fourth-order valence-electron chi connectivity index (χ4n) is 2.41. The molecule has 1 N–H and O–H groups in total. The molecule has 172 valence electrons. The fraction of sp³-hybridized carbons (Fsp3) is 0.250. The van der Waals surface area contributed by atoms with Crippen LogP contribution in [0.3, 0.4) is 0 Å². The number of halogens is 1. The molecule has 0 radical (unpaired) electrons. The van der Waals surface area contributed by atoms with Gasteiger partial charge in [0.15, 0.2) is 6.61 Å². The van der Waals surface area contributed by atoms with Crippen LogP contribution in [0.15, 0.2) is 47.6 Å². The average molecular weight is 484 g/mol. The molecule has 0 saturated heterocycles. The number of rotatable bonds is 10. The Hall–Kier alpha value is -3.31. The van der Waals surface area contributed by atoms with E-state index in [1.165, 1.54) is 38.6 Å². The molecule has 0 fully saturated rings. The topological polar surface area (TPSA) is 124 Å². The Labute approximate surface area is 190 Å². The van der Waals surface area contributed by atoms with E-state index in [0.717, 1.165) is 10.6 Å². The predicted molar refractivity (Wildman–Crippen MR) is 120 cm³/mol. The van der Waals surface area contributed by atoms with Crippen LogP contribution in [0.1, 0.15) is 5.56 Å². The Morgan fingerprint density at radius 3 is 2.41 bits per heavy atom. The third-order valence-electron chi connectivity index (χ3n) is 3.98. The molecular formula is C20H22ClN3O7S. The Kier molecular flexibility index (Phi) is 8.85. The van der Waals surface area contributed by atoms with Gasteiger partial charge in [0, 0.05) is 0 Å². The number of anilines is 1. The number of hydrogen-bond donors (Lipinski definition) is 1. The van der Waals surface area contributed by atoms with Gasteiger partial charge in [-0.05, 0) is 48.0 Å². The first kappa shape index (κ1) is 25.0. The largest absolute Gasteiger partial charge is 0.495 e. The molecule has 12 heteroatoms. The molecule has 0 atom stereocenters. The van der Waals surface area contributed by atoms with Crippen molar-refractivity contribution >= 4 is 45.4 Å². The summed E-state index contributed by atoms with van der Waals surface area (Å²) < 4.78 is 40.0. The van der Waals surface area contributed by atoms with Crippen molar-refractivity contribution in [2.75, 3.05) is 37.9 Å². The number of benzene rings is 2. The molecule has 2 aromatic rings. The van der Waals surface area contributed by atoms with Crippen LogP contribution in [0.25, 0.3) is 0 Å². The monoisotopic (exact) mass is 483 g/mol. The molecule has 0 heterocycles. The van der Waals surface area contributed by atoms with E-state index < -0.39 is 28.4 Å². The quantitative estimate of drug-likeness (QED) is 0.310. The molecule has 2 rings (SSSR count). The maximum Gasteiger partial charge on any atom is 0.343 e. The molecule has 0 aromatic heterocycles. The summed E-state index contributed by atoms with van der Waals surface area (Å²) in [4.78, 5) is 23.3. The summed E-state index contributed by atoms with van der Waals surface area (Å²) in [5, 5.41) is 4.03. The van der Waals surface area contributed by atoms with E-state index in [4.69, 9.17) is 21.1 Å². The molecule has 1 amide bonds. The van der Waals surface area contributed by atoms with Crippen LogP contribution in [0.2, 0.25) is 5.02 Å². The smallest absolute Gasteiger partial charge is 0.343 e. The number of methoxy groups -OCH3 is 2. The number of carbonyl (C=O) groups is 2. The average Bonchev–Trinajstić information content (AvgIpc) is 2.75. The summed E-state index contributed by atoms with van der Waals surface area (Å²) in [6.45, 7) is -0.713. The van der Waals surface area contributed by atoms with Gasteiger partial charge in [0.1, 0.15) is 18.0 Å². The predicted octanol–water partition coefficient (Wildman–Crippen LogP) is 1.82. The van der Waals surface area contributed by atoms with E-state index in [9.17, 15) is 18.0 Å². The zero-order valence-corrected chi connectivity index (χ0v) is 19.1. The van der Waals surface area contributed by atoms with Gasteiger partial charge in [-0.15, -0.1) is 0 Å². The lowest BCUT2D eigenvalue weighted by molar-refractivity contribution is -0.142. The molecule has 10 nitrogen and oxygen atoms in total. The third-order valence-corrected chi connectivity index (χ3v) is 5.41.